The molecule has 0 atom stereocenters. The van der Waals surface area contributed by atoms with Gasteiger partial charge in [0.15, 0.2) is 0 Å². The summed E-state index contributed by atoms with van der Waals surface area (Å²) < 4.78 is 6.51. The van der Waals surface area contributed by atoms with Crippen LogP contribution in [0.25, 0.3) is 88.0 Å². The number of rotatable bonds is 7. The summed E-state index contributed by atoms with van der Waals surface area (Å²) in [5, 5.41) is 7.27. The summed E-state index contributed by atoms with van der Waals surface area (Å²) in [7, 11) is 0. The summed E-state index contributed by atoms with van der Waals surface area (Å²) in [4.78, 5) is 2.40. The Labute approximate surface area is 337 Å². The van der Waals surface area contributed by atoms with Gasteiger partial charge in [0.1, 0.15) is 11.2 Å². The Kier molecular flexibility index (Phi) is 8.19. The minimum Gasteiger partial charge on any atom is -0.456 e. The molecule has 10 aromatic carbocycles. The van der Waals surface area contributed by atoms with Crippen molar-refractivity contribution < 1.29 is 4.42 Å². The summed E-state index contributed by atoms with van der Waals surface area (Å²) >= 11 is 0. The van der Waals surface area contributed by atoms with E-state index in [0.29, 0.717) is 0 Å². The number of furan rings is 1. The van der Waals surface area contributed by atoms with Crippen LogP contribution in [0.2, 0.25) is 0 Å². The maximum absolute atomic E-state index is 6.51. The van der Waals surface area contributed by atoms with E-state index in [4.69, 9.17) is 4.42 Å². The quantitative estimate of drug-likeness (QED) is 0.151. The third-order valence-electron chi connectivity index (χ3n) is 11.5. The molecule has 1 aromatic heterocycles. The normalized spacial score (nSPS) is 11.4. The number of hydrogen-bond donors (Lipinski definition) is 0. The van der Waals surface area contributed by atoms with Gasteiger partial charge in [0.25, 0.3) is 0 Å². The topological polar surface area (TPSA) is 16.4 Å². The highest BCUT2D eigenvalue weighted by molar-refractivity contribution is 6.09. The van der Waals surface area contributed by atoms with Gasteiger partial charge in [-0.25, -0.2) is 0 Å². The van der Waals surface area contributed by atoms with Gasteiger partial charge >= 0.3 is 0 Å². The van der Waals surface area contributed by atoms with Gasteiger partial charge in [-0.1, -0.05) is 176 Å². The lowest BCUT2D eigenvalue weighted by Gasteiger charge is -2.30. The molecule has 0 aliphatic carbocycles. The molecule has 272 valence electrons. The molecule has 2 heteroatoms. The minimum absolute atomic E-state index is 0.856. The fourth-order valence-corrected chi connectivity index (χ4v) is 8.71. The largest absolute Gasteiger partial charge is 0.456 e. The Morgan fingerprint density at radius 2 is 0.862 bits per heavy atom. The standard InChI is InChI=1S/C56H37NO/c1-3-14-39(15-4-1)47-20-9-10-22-52(47)56-49(40-16-5-2-6-17-40)23-13-24-53(56)57(45-33-35-51-50-21-11-12-25-54(50)58-55(51)37-45)44-31-28-38(29-32-44)42-30-34-48-43(36-42)27-26-41-18-7-8-19-46(41)48/h1-37H. The molecule has 58 heavy (non-hydrogen) atoms. The van der Waals surface area contributed by atoms with Crippen LogP contribution >= 0.6 is 0 Å². The lowest BCUT2D eigenvalue weighted by atomic mass is 9.87. The molecule has 0 aliphatic heterocycles. The van der Waals surface area contributed by atoms with Crippen LogP contribution in [-0.4, -0.2) is 0 Å². The Hall–Kier alpha value is -7.68. The number of fused-ring (bicyclic) bond motifs is 6. The Morgan fingerprint density at radius 3 is 1.67 bits per heavy atom. The second-order valence-electron chi connectivity index (χ2n) is 14.9. The fraction of sp³-hybridized carbons (Fsp3) is 0. The van der Waals surface area contributed by atoms with Crippen LogP contribution in [0.4, 0.5) is 17.1 Å². The van der Waals surface area contributed by atoms with Crippen LogP contribution in [0.15, 0.2) is 229 Å². The first-order valence-electron chi connectivity index (χ1n) is 19.8. The molecule has 0 unspecified atom stereocenters. The second-order valence-corrected chi connectivity index (χ2v) is 14.9. The van der Waals surface area contributed by atoms with Crippen LogP contribution in [0, 0.1) is 0 Å². The molecule has 0 saturated heterocycles. The SMILES string of the molecule is c1ccc(-c2ccccc2-c2c(-c3ccccc3)cccc2N(c2ccc(-c3ccc4c(ccc5ccccc54)c3)cc2)c2ccc3c(c2)oc2ccccc23)cc1. The van der Waals surface area contributed by atoms with E-state index in [9.17, 15) is 0 Å². The van der Waals surface area contributed by atoms with Gasteiger partial charge in [0, 0.05) is 33.8 Å². The van der Waals surface area contributed by atoms with Gasteiger partial charge in [0.05, 0.1) is 5.69 Å². The van der Waals surface area contributed by atoms with E-state index in [1.165, 1.54) is 49.4 Å². The van der Waals surface area contributed by atoms with Crippen molar-refractivity contribution in [1.82, 2.24) is 0 Å². The van der Waals surface area contributed by atoms with Gasteiger partial charge in [-0.3, -0.25) is 0 Å². The van der Waals surface area contributed by atoms with Crippen LogP contribution in [0.1, 0.15) is 0 Å². The predicted molar refractivity (Wildman–Crippen MR) is 245 cm³/mol. The maximum atomic E-state index is 6.51. The van der Waals surface area contributed by atoms with Crippen molar-refractivity contribution in [1.29, 1.82) is 0 Å². The molecule has 0 saturated carbocycles. The van der Waals surface area contributed by atoms with Crippen LogP contribution in [-0.2, 0) is 0 Å². The number of anilines is 3. The molecule has 2 nitrogen and oxygen atoms in total. The average molecular weight is 740 g/mol. The number of hydrogen-bond acceptors (Lipinski definition) is 2. The molecular formula is C56H37NO. The van der Waals surface area contributed by atoms with Crippen molar-refractivity contribution >= 4 is 60.5 Å². The number of para-hydroxylation sites is 1. The average Bonchev–Trinajstić information content (AvgIpc) is 3.68. The molecule has 0 bridgehead atoms. The number of nitrogens with zero attached hydrogens (tertiary/aromatic N) is 1. The first-order chi connectivity index (χ1) is 28.8. The van der Waals surface area contributed by atoms with Crippen LogP contribution < -0.4 is 4.90 Å². The van der Waals surface area contributed by atoms with Crippen molar-refractivity contribution in [3.8, 4) is 44.5 Å². The number of benzene rings is 10. The van der Waals surface area contributed by atoms with E-state index >= 15 is 0 Å². The fourth-order valence-electron chi connectivity index (χ4n) is 8.71. The summed E-state index contributed by atoms with van der Waals surface area (Å²) in [6.45, 7) is 0. The Bertz CT molecular complexity index is 3270. The summed E-state index contributed by atoms with van der Waals surface area (Å²) in [6.07, 6.45) is 0. The van der Waals surface area contributed by atoms with E-state index in [1.807, 2.05) is 12.1 Å². The molecule has 0 aliphatic rings. The van der Waals surface area contributed by atoms with Crippen molar-refractivity contribution in [2.24, 2.45) is 0 Å². The molecule has 0 fully saturated rings. The molecule has 11 rings (SSSR count). The van der Waals surface area contributed by atoms with Gasteiger partial charge in [0.2, 0.25) is 0 Å². The van der Waals surface area contributed by atoms with E-state index in [1.54, 1.807) is 0 Å². The second kappa shape index (κ2) is 14.1. The van der Waals surface area contributed by atoms with Crippen molar-refractivity contribution in [3.63, 3.8) is 0 Å². The minimum atomic E-state index is 0.856. The Balaban J connectivity index is 1.13. The molecule has 11 aromatic rings. The van der Waals surface area contributed by atoms with Gasteiger partial charge in [-0.15, -0.1) is 0 Å². The van der Waals surface area contributed by atoms with Crippen LogP contribution in [0.5, 0.6) is 0 Å². The molecule has 0 radical (unpaired) electrons. The van der Waals surface area contributed by atoms with Crippen molar-refractivity contribution in [2.75, 3.05) is 4.90 Å². The first kappa shape index (κ1) is 33.6. The Morgan fingerprint density at radius 1 is 0.293 bits per heavy atom. The highest BCUT2D eigenvalue weighted by Gasteiger charge is 2.23. The molecule has 0 amide bonds. The van der Waals surface area contributed by atoms with Gasteiger partial charge in [-0.05, 0) is 103 Å². The zero-order valence-electron chi connectivity index (χ0n) is 31.7. The van der Waals surface area contributed by atoms with E-state index in [0.717, 1.165) is 55.7 Å². The van der Waals surface area contributed by atoms with Gasteiger partial charge in [-0.2, -0.15) is 0 Å². The zero-order valence-corrected chi connectivity index (χ0v) is 31.7. The molecule has 0 spiro atoms. The monoisotopic (exact) mass is 739 g/mol. The van der Waals surface area contributed by atoms with Crippen molar-refractivity contribution in [3.05, 3.63) is 224 Å². The van der Waals surface area contributed by atoms with Gasteiger partial charge < -0.3 is 9.32 Å². The zero-order chi connectivity index (χ0) is 38.4. The smallest absolute Gasteiger partial charge is 0.137 e. The third kappa shape index (κ3) is 5.82. The highest BCUT2D eigenvalue weighted by Crippen LogP contribution is 2.49. The molecule has 1 heterocycles. The van der Waals surface area contributed by atoms with E-state index < -0.39 is 0 Å². The lowest BCUT2D eigenvalue weighted by molar-refractivity contribution is 0.669. The highest BCUT2D eigenvalue weighted by atomic mass is 16.3. The lowest BCUT2D eigenvalue weighted by Crippen LogP contribution is -2.12. The summed E-state index contributed by atoms with van der Waals surface area (Å²) in [5.41, 5.74) is 14.2. The third-order valence-corrected chi connectivity index (χ3v) is 11.5. The molecule has 0 N–H and O–H groups in total. The summed E-state index contributed by atoms with van der Waals surface area (Å²) in [6, 6.07) is 80.8. The molecular weight excluding hydrogens is 703 g/mol. The summed E-state index contributed by atoms with van der Waals surface area (Å²) in [5.74, 6) is 0. The predicted octanol–water partition coefficient (Wildman–Crippen LogP) is 16.0. The van der Waals surface area contributed by atoms with Crippen LogP contribution in [0.3, 0.4) is 0 Å². The first-order valence-corrected chi connectivity index (χ1v) is 19.8. The maximum Gasteiger partial charge on any atom is 0.137 e. The van der Waals surface area contributed by atoms with Crippen molar-refractivity contribution in [2.45, 2.75) is 0 Å². The van der Waals surface area contributed by atoms with E-state index in [2.05, 4.69) is 217 Å². The van der Waals surface area contributed by atoms with E-state index in [-0.39, 0.29) is 0 Å².